The van der Waals surface area contributed by atoms with Crippen LogP contribution in [-0.2, 0) is 9.59 Å². The number of aldehydes is 1. The van der Waals surface area contributed by atoms with Gasteiger partial charge in [-0.25, -0.2) is 0 Å². The number of ketones is 1. The van der Waals surface area contributed by atoms with E-state index in [1.54, 1.807) is 0 Å². The second-order valence-corrected chi connectivity index (χ2v) is 3.78. The largest absolute Gasteiger partial charge is 1.00 e. The maximum absolute atomic E-state index is 10.9. The van der Waals surface area contributed by atoms with E-state index >= 15 is 0 Å². The number of hydrogen-bond acceptors (Lipinski definition) is 2. The van der Waals surface area contributed by atoms with Gasteiger partial charge in [-0.15, -0.1) is 0 Å². The quantitative estimate of drug-likeness (QED) is 0.232. The predicted octanol–water partition coefficient (Wildman–Crippen LogP) is 0.402. The third-order valence-electron chi connectivity index (χ3n) is 2.37. The monoisotopic (exact) mass is 222 g/mol. The van der Waals surface area contributed by atoms with Crippen LogP contribution >= 0.6 is 0 Å². The van der Waals surface area contributed by atoms with Gasteiger partial charge in [0.05, 0.1) is 6.42 Å². The van der Waals surface area contributed by atoms with E-state index < -0.39 is 0 Å². The molecule has 3 heteroatoms. The van der Waals surface area contributed by atoms with Crippen molar-refractivity contribution in [1.29, 1.82) is 0 Å². The van der Waals surface area contributed by atoms with Crippen LogP contribution in [-0.4, -0.2) is 12.1 Å². The molecule has 15 heavy (non-hydrogen) atoms. The molecule has 0 saturated carbocycles. The molecule has 0 aliphatic carbocycles. The van der Waals surface area contributed by atoms with Gasteiger partial charge < -0.3 is 6.22 Å². The molecule has 0 atom stereocenters. The third-order valence-corrected chi connectivity index (χ3v) is 2.37. The molecule has 0 spiro atoms. The van der Waals surface area contributed by atoms with Crippen LogP contribution in [0.25, 0.3) is 0 Å². The van der Waals surface area contributed by atoms with Gasteiger partial charge in [0.25, 0.3) is 0 Å². The van der Waals surface area contributed by atoms with Gasteiger partial charge in [0, 0.05) is 6.42 Å². The number of unbranched alkanes of at least 4 members (excludes halogenated alkanes) is 6. The van der Waals surface area contributed by atoms with Crippen molar-refractivity contribution in [2.75, 3.05) is 0 Å². The third kappa shape index (κ3) is 14.3. The molecule has 2 nitrogen and oxygen atoms in total. The van der Waals surface area contributed by atoms with Gasteiger partial charge >= 0.3 is 29.6 Å². The van der Waals surface area contributed by atoms with Crippen molar-refractivity contribution < 1.29 is 40.6 Å². The van der Waals surface area contributed by atoms with Crippen molar-refractivity contribution in [2.24, 2.45) is 0 Å². The molecule has 0 N–H and O–H groups in total. The van der Waals surface area contributed by atoms with Gasteiger partial charge in [-0.3, -0.25) is 4.79 Å². The standard InChI is InChI=1S/C12H22O2.Na.H/c1-2-3-4-5-6-7-8-9-12(14)10-11-13;;/h11H,2-10H2,1H3;;/q;+1;-1. The summed E-state index contributed by atoms with van der Waals surface area (Å²) in [5.74, 6) is 0.0913. The first kappa shape index (κ1) is 17.7. The normalized spacial score (nSPS) is 9.40. The van der Waals surface area contributed by atoms with Crippen LogP contribution < -0.4 is 29.6 Å². The smallest absolute Gasteiger partial charge is 1.00 e. The number of hydrogen-bond donors (Lipinski definition) is 0. The fourth-order valence-corrected chi connectivity index (χ4v) is 1.47. The Hall–Kier alpha value is 0.340. The number of carbonyl (C=O) groups excluding carboxylic acids is 2. The summed E-state index contributed by atoms with van der Waals surface area (Å²) in [5.41, 5.74) is 0. The summed E-state index contributed by atoms with van der Waals surface area (Å²) in [6, 6.07) is 0. The van der Waals surface area contributed by atoms with Crippen molar-refractivity contribution in [2.45, 2.75) is 64.7 Å². The molecule has 0 unspecified atom stereocenters. The molecule has 0 radical (unpaired) electrons. The van der Waals surface area contributed by atoms with Crippen LogP contribution in [0.15, 0.2) is 0 Å². The van der Waals surface area contributed by atoms with Gasteiger partial charge in [0.15, 0.2) is 0 Å². The molecule has 0 saturated heterocycles. The molecule has 0 bridgehead atoms. The fourth-order valence-electron chi connectivity index (χ4n) is 1.47. The maximum Gasteiger partial charge on any atom is 1.00 e. The summed E-state index contributed by atoms with van der Waals surface area (Å²) >= 11 is 0. The Morgan fingerprint density at radius 1 is 1.07 bits per heavy atom. The molecule has 0 aromatic heterocycles. The SMILES string of the molecule is CCCCCCCCCC(=O)CC=O.[H-].[Na+]. The van der Waals surface area contributed by atoms with Crippen LogP contribution in [0.5, 0.6) is 0 Å². The van der Waals surface area contributed by atoms with Crippen LogP contribution in [0, 0.1) is 0 Å². The summed E-state index contributed by atoms with van der Waals surface area (Å²) in [4.78, 5) is 20.9. The zero-order chi connectivity index (χ0) is 10.6. The van der Waals surface area contributed by atoms with Crippen molar-refractivity contribution in [3.8, 4) is 0 Å². The minimum Gasteiger partial charge on any atom is -1.00 e. The average Bonchev–Trinajstić information content (AvgIpc) is 2.17. The summed E-state index contributed by atoms with van der Waals surface area (Å²) in [5, 5.41) is 0. The zero-order valence-electron chi connectivity index (χ0n) is 11.3. The zero-order valence-corrected chi connectivity index (χ0v) is 12.3. The Kier molecular flexibility index (Phi) is 16.9. The summed E-state index contributed by atoms with van der Waals surface area (Å²) in [6.45, 7) is 2.21. The first-order chi connectivity index (χ1) is 6.81. The Morgan fingerprint density at radius 2 is 1.60 bits per heavy atom. The van der Waals surface area contributed by atoms with Crippen molar-refractivity contribution in [3.63, 3.8) is 0 Å². The van der Waals surface area contributed by atoms with Crippen LogP contribution in [0.1, 0.15) is 66.1 Å². The molecule has 0 fully saturated rings. The molecule has 0 heterocycles. The van der Waals surface area contributed by atoms with E-state index in [0.29, 0.717) is 12.7 Å². The van der Waals surface area contributed by atoms with E-state index in [-0.39, 0.29) is 43.2 Å². The molecule has 0 aliphatic rings. The van der Waals surface area contributed by atoms with E-state index in [9.17, 15) is 9.59 Å². The molecule has 0 rings (SSSR count). The van der Waals surface area contributed by atoms with E-state index in [2.05, 4.69) is 6.92 Å². The molecular weight excluding hydrogens is 199 g/mol. The number of rotatable bonds is 10. The van der Waals surface area contributed by atoms with Gasteiger partial charge in [0.2, 0.25) is 0 Å². The van der Waals surface area contributed by atoms with Gasteiger partial charge in [-0.1, -0.05) is 45.4 Å². The second-order valence-electron chi connectivity index (χ2n) is 3.78. The van der Waals surface area contributed by atoms with E-state index in [0.717, 1.165) is 12.8 Å². The van der Waals surface area contributed by atoms with E-state index in [1.807, 2.05) is 0 Å². The van der Waals surface area contributed by atoms with E-state index in [1.165, 1.54) is 32.1 Å². The van der Waals surface area contributed by atoms with Crippen LogP contribution in [0.4, 0.5) is 0 Å². The molecule has 0 aliphatic heterocycles. The Bertz CT molecular complexity index is 163. The molecule has 0 aromatic rings. The Balaban J connectivity index is -0.000000845. The molecule has 0 amide bonds. The minimum atomic E-state index is 0. The molecular formula is C12H23NaO2. The van der Waals surface area contributed by atoms with Gasteiger partial charge in [0.1, 0.15) is 12.1 Å². The first-order valence-electron chi connectivity index (χ1n) is 5.76. The number of Topliss-reactive ketones (excluding diaryl/α,β-unsaturated/α-hetero) is 1. The molecule has 0 aromatic carbocycles. The maximum atomic E-state index is 10.9. The summed E-state index contributed by atoms with van der Waals surface area (Å²) in [6.07, 6.45) is 9.92. The topological polar surface area (TPSA) is 34.1 Å². The molecule has 84 valence electrons. The Morgan fingerprint density at radius 3 is 2.13 bits per heavy atom. The average molecular weight is 222 g/mol. The minimum absolute atomic E-state index is 0. The van der Waals surface area contributed by atoms with Crippen LogP contribution in [0.3, 0.4) is 0 Å². The van der Waals surface area contributed by atoms with Gasteiger partial charge in [-0.2, -0.15) is 0 Å². The predicted molar refractivity (Wildman–Crippen MR) is 59.4 cm³/mol. The number of carbonyl (C=O) groups is 2. The van der Waals surface area contributed by atoms with Crippen LogP contribution in [0.2, 0.25) is 0 Å². The Labute approximate surface area is 117 Å². The first-order valence-corrected chi connectivity index (χ1v) is 5.76. The summed E-state index contributed by atoms with van der Waals surface area (Å²) in [7, 11) is 0. The van der Waals surface area contributed by atoms with Crippen molar-refractivity contribution in [3.05, 3.63) is 0 Å². The van der Waals surface area contributed by atoms with Crippen molar-refractivity contribution >= 4 is 12.1 Å². The fraction of sp³-hybridized carbons (Fsp3) is 0.833. The second kappa shape index (κ2) is 14.3. The summed E-state index contributed by atoms with van der Waals surface area (Å²) < 4.78 is 0. The van der Waals surface area contributed by atoms with E-state index in [4.69, 9.17) is 0 Å². The van der Waals surface area contributed by atoms with Crippen molar-refractivity contribution in [1.82, 2.24) is 0 Å². The van der Waals surface area contributed by atoms with Gasteiger partial charge in [-0.05, 0) is 6.42 Å².